The molecule has 0 amide bonds. The zero-order chi connectivity index (χ0) is 14.0. The summed E-state index contributed by atoms with van der Waals surface area (Å²) >= 11 is 0. The van der Waals surface area contributed by atoms with E-state index in [2.05, 4.69) is 10.1 Å². The van der Waals surface area contributed by atoms with Gasteiger partial charge in [0.15, 0.2) is 5.82 Å². The second kappa shape index (κ2) is 5.44. The number of nitrogens with two attached hydrogens (primary N) is 1. The van der Waals surface area contributed by atoms with Crippen LogP contribution in [0.4, 0.5) is 8.78 Å². The van der Waals surface area contributed by atoms with Gasteiger partial charge in [0, 0.05) is 11.5 Å². The predicted molar refractivity (Wildman–Crippen MR) is 65.8 cm³/mol. The van der Waals surface area contributed by atoms with Crippen molar-refractivity contribution in [2.24, 2.45) is 5.73 Å². The van der Waals surface area contributed by atoms with Crippen LogP contribution in [0.2, 0.25) is 0 Å². The van der Waals surface area contributed by atoms with E-state index in [-0.39, 0.29) is 11.5 Å². The van der Waals surface area contributed by atoms with Crippen molar-refractivity contribution >= 4 is 0 Å². The fraction of sp³-hybridized carbons (Fsp3) is 0.385. The van der Waals surface area contributed by atoms with E-state index in [1.807, 2.05) is 13.8 Å². The molecule has 1 unspecified atom stereocenters. The fourth-order valence-electron chi connectivity index (χ4n) is 1.65. The molecule has 1 aromatic carbocycles. The summed E-state index contributed by atoms with van der Waals surface area (Å²) in [6.07, 6.45) is -2.52. The molecular weight excluding hydrogens is 252 g/mol. The number of nitrogens with zero attached hydrogens (tertiary/aromatic N) is 2. The van der Waals surface area contributed by atoms with Gasteiger partial charge in [0.05, 0.1) is 6.04 Å². The van der Waals surface area contributed by atoms with Crippen molar-refractivity contribution in [3.63, 3.8) is 0 Å². The molecule has 4 nitrogen and oxygen atoms in total. The Morgan fingerprint density at radius 2 is 1.89 bits per heavy atom. The summed E-state index contributed by atoms with van der Waals surface area (Å²) in [5.41, 5.74) is 6.44. The average Bonchev–Trinajstić information content (AvgIpc) is 2.87. The Balaban J connectivity index is 2.27. The Morgan fingerprint density at radius 3 is 2.47 bits per heavy atom. The Labute approximate surface area is 109 Å². The standard InChI is InChI=1S/C13H15F2N3O/c1-7(2)13-17-12(18-19-13)10(16)8-4-3-5-9(6-8)11(14)15/h3-7,10-11H,16H2,1-2H3. The summed E-state index contributed by atoms with van der Waals surface area (Å²) in [5, 5.41) is 3.79. The van der Waals surface area contributed by atoms with Crippen LogP contribution in [-0.4, -0.2) is 10.1 Å². The van der Waals surface area contributed by atoms with Gasteiger partial charge in [-0.2, -0.15) is 4.98 Å². The predicted octanol–water partition coefficient (Wildman–Crippen LogP) is 3.18. The topological polar surface area (TPSA) is 64.9 Å². The van der Waals surface area contributed by atoms with Crippen LogP contribution in [0.15, 0.2) is 28.8 Å². The van der Waals surface area contributed by atoms with Crippen LogP contribution in [0.1, 0.15) is 55.1 Å². The average molecular weight is 267 g/mol. The van der Waals surface area contributed by atoms with Crippen molar-refractivity contribution in [3.8, 4) is 0 Å². The lowest BCUT2D eigenvalue weighted by atomic mass is 10.0. The van der Waals surface area contributed by atoms with Gasteiger partial charge >= 0.3 is 0 Å². The van der Waals surface area contributed by atoms with Gasteiger partial charge in [-0.1, -0.05) is 37.2 Å². The molecule has 2 rings (SSSR count). The van der Waals surface area contributed by atoms with E-state index >= 15 is 0 Å². The van der Waals surface area contributed by atoms with Crippen molar-refractivity contribution in [1.82, 2.24) is 10.1 Å². The van der Waals surface area contributed by atoms with E-state index in [0.29, 0.717) is 17.3 Å². The molecule has 0 spiro atoms. The van der Waals surface area contributed by atoms with Crippen molar-refractivity contribution in [3.05, 3.63) is 47.1 Å². The summed E-state index contributed by atoms with van der Waals surface area (Å²) in [6, 6.07) is 5.26. The van der Waals surface area contributed by atoms with Crippen molar-refractivity contribution < 1.29 is 13.3 Å². The maximum absolute atomic E-state index is 12.6. The maximum atomic E-state index is 12.6. The van der Waals surface area contributed by atoms with Gasteiger partial charge in [0.1, 0.15) is 0 Å². The van der Waals surface area contributed by atoms with Gasteiger partial charge < -0.3 is 10.3 Å². The second-order valence-corrected chi connectivity index (χ2v) is 4.59. The summed E-state index contributed by atoms with van der Waals surface area (Å²) in [4.78, 5) is 4.17. The number of hydrogen-bond acceptors (Lipinski definition) is 4. The highest BCUT2D eigenvalue weighted by atomic mass is 19.3. The van der Waals surface area contributed by atoms with E-state index in [0.717, 1.165) is 0 Å². The molecular formula is C13H15F2N3O. The molecule has 0 aliphatic heterocycles. The molecule has 1 atom stereocenters. The molecule has 0 aliphatic carbocycles. The summed E-state index contributed by atoms with van der Waals surface area (Å²) < 4.78 is 30.3. The van der Waals surface area contributed by atoms with E-state index in [1.165, 1.54) is 12.1 Å². The Hall–Kier alpha value is -1.82. The molecule has 19 heavy (non-hydrogen) atoms. The van der Waals surface area contributed by atoms with Crippen LogP contribution in [0, 0.1) is 0 Å². The van der Waals surface area contributed by atoms with Crippen LogP contribution >= 0.6 is 0 Å². The molecule has 102 valence electrons. The molecule has 0 bridgehead atoms. The first-order valence-corrected chi connectivity index (χ1v) is 5.96. The van der Waals surface area contributed by atoms with E-state index < -0.39 is 12.5 Å². The van der Waals surface area contributed by atoms with Crippen molar-refractivity contribution in [1.29, 1.82) is 0 Å². The van der Waals surface area contributed by atoms with Gasteiger partial charge in [-0.3, -0.25) is 0 Å². The second-order valence-electron chi connectivity index (χ2n) is 4.59. The Kier molecular flexibility index (Phi) is 3.90. The first-order valence-electron chi connectivity index (χ1n) is 5.96. The quantitative estimate of drug-likeness (QED) is 0.924. The highest BCUT2D eigenvalue weighted by Gasteiger charge is 2.19. The van der Waals surface area contributed by atoms with Crippen molar-refractivity contribution in [2.75, 3.05) is 0 Å². The summed E-state index contributed by atoms with van der Waals surface area (Å²) in [6.45, 7) is 3.83. The molecule has 1 aromatic heterocycles. The molecule has 2 N–H and O–H groups in total. The highest BCUT2D eigenvalue weighted by molar-refractivity contribution is 5.29. The minimum absolute atomic E-state index is 0.0690. The molecule has 2 aromatic rings. The molecule has 0 saturated carbocycles. The third-order valence-corrected chi connectivity index (χ3v) is 2.75. The van der Waals surface area contributed by atoms with Crippen LogP contribution in [0.5, 0.6) is 0 Å². The lowest BCUT2D eigenvalue weighted by Gasteiger charge is -2.09. The lowest BCUT2D eigenvalue weighted by Crippen LogP contribution is -2.14. The molecule has 0 fully saturated rings. The SMILES string of the molecule is CC(C)c1nc(C(N)c2cccc(C(F)F)c2)no1. The van der Waals surface area contributed by atoms with Crippen LogP contribution in [0.25, 0.3) is 0 Å². The molecule has 0 radical (unpaired) electrons. The third-order valence-electron chi connectivity index (χ3n) is 2.75. The Bertz CT molecular complexity index is 554. The highest BCUT2D eigenvalue weighted by Crippen LogP contribution is 2.24. The van der Waals surface area contributed by atoms with E-state index in [9.17, 15) is 8.78 Å². The van der Waals surface area contributed by atoms with E-state index in [4.69, 9.17) is 10.3 Å². The maximum Gasteiger partial charge on any atom is 0.263 e. The number of aromatic nitrogens is 2. The van der Waals surface area contributed by atoms with Gasteiger partial charge in [-0.05, 0) is 11.6 Å². The van der Waals surface area contributed by atoms with Gasteiger partial charge in [0.25, 0.3) is 6.43 Å². The first kappa shape index (κ1) is 13.6. The van der Waals surface area contributed by atoms with Crippen LogP contribution in [-0.2, 0) is 0 Å². The number of hydrogen-bond donors (Lipinski definition) is 1. The van der Waals surface area contributed by atoms with Crippen LogP contribution < -0.4 is 5.73 Å². The summed E-state index contributed by atoms with van der Waals surface area (Å²) in [7, 11) is 0. The third kappa shape index (κ3) is 2.96. The number of rotatable bonds is 4. The van der Waals surface area contributed by atoms with Crippen molar-refractivity contribution in [2.45, 2.75) is 32.2 Å². The van der Waals surface area contributed by atoms with Gasteiger partial charge in [-0.15, -0.1) is 0 Å². The van der Waals surface area contributed by atoms with E-state index in [1.54, 1.807) is 12.1 Å². The smallest absolute Gasteiger partial charge is 0.263 e. The largest absolute Gasteiger partial charge is 0.339 e. The van der Waals surface area contributed by atoms with Gasteiger partial charge in [-0.25, -0.2) is 8.78 Å². The monoisotopic (exact) mass is 267 g/mol. The minimum atomic E-state index is -2.52. The molecule has 0 aliphatic rings. The normalized spacial score (nSPS) is 13.2. The molecule has 6 heteroatoms. The fourth-order valence-corrected chi connectivity index (χ4v) is 1.65. The number of benzene rings is 1. The minimum Gasteiger partial charge on any atom is -0.339 e. The molecule has 0 saturated heterocycles. The number of halogens is 2. The number of alkyl halides is 2. The zero-order valence-electron chi connectivity index (χ0n) is 10.7. The van der Waals surface area contributed by atoms with Crippen LogP contribution in [0.3, 0.4) is 0 Å². The van der Waals surface area contributed by atoms with Gasteiger partial charge in [0.2, 0.25) is 5.89 Å². The lowest BCUT2D eigenvalue weighted by molar-refractivity contribution is 0.151. The first-order chi connectivity index (χ1) is 8.99. The zero-order valence-corrected chi connectivity index (χ0v) is 10.7. The summed E-state index contributed by atoms with van der Waals surface area (Å²) in [5.74, 6) is 0.881. The molecule has 1 heterocycles. The Morgan fingerprint density at radius 1 is 1.21 bits per heavy atom.